The van der Waals surface area contributed by atoms with Crippen molar-refractivity contribution in [2.75, 3.05) is 14.2 Å². The summed E-state index contributed by atoms with van der Waals surface area (Å²) in [5, 5.41) is 16.9. The predicted octanol–water partition coefficient (Wildman–Crippen LogP) is 5.57. The second-order valence-electron chi connectivity index (χ2n) is 13.7. The summed E-state index contributed by atoms with van der Waals surface area (Å²) < 4.78 is 39.6. The van der Waals surface area contributed by atoms with Crippen LogP contribution >= 0.6 is 0 Å². The van der Waals surface area contributed by atoms with Crippen LogP contribution in [0.1, 0.15) is 105 Å². The highest BCUT2D eigenvalue weighted by Gasteiger charge is 2.52. The topological polar surface area (TPSA) is 86.6 Å². The van der Waals surface area contributed by atoms with Gasteiger partial charge in [0.1, 0.15) is 0 Å². The molecule has 2 aliphatic heterocycles. The van der Waals surface area contributed by atoms with Crippen LogP contribution in [0.5, 0.6) is 0 Å². The Morgan fingerprint density at radius 2 is 0.881 bits per heavy atom. The first kappa shape index (κ1) is 36.5. The van der Waals surface area contributed by atoms with Crippen LogP contribution in [0.3, 0.4) is 0 Å². The van der Waals surface area contributed by atoms with Crippen molar-refractivity contribution in [2.24, 2.45) is 0 Å². The molecule has 0 unspecified atom stereocenters. The molecule has 0 bridgehead atoms. The minimum atomic E-state index is -0.825. The van der Waals surface area contributed by atoms with Crippen molar-refractivity contribution in [3.8, 4) is 0 Å². The lowest BCUT2D eigenvalue weighted by molar-refractivity contribution is 0.00578. The van der Waals surface area contributed by atoms with Crippen LogP contribution in [-0.4, -0.2) is 61.1 Å². The number of aliphatic hydroxyl groups excluding tert-OH is 1. The zero-order valence-electron chi connectivity index (χ0n) is 29.7. The van der Waals surface area contributed by atoms with Gasteiger partial charge >= 0.3 is 14.2 Å². The van der Waals surface area contributed by atoms with Gasteiger partial charge in [0.15, 0.2) is 0 Å². The van der Waals surface area contributed by atoms with Crippen LogP contribution in [0, 0.1) is 0 Å². The molecule has 7 nitrogen and oxygen atoms in total. The van der Waals surface area contributed by atoms with Gasteiger partial charge in [0.05, 0.1) is 33.6 Å². The summed E-state index contributed by atoms with van der Waals surface area (Å²) in [5.74, 6) is 0. The quantitative estimate of drug-likeness (QED) is 0.441. The molecule has 2 fully saturated rings. The summed E-state index contributed by atoms with van der Waals surface area (Å²) >= 11 is 0. The van der Waals surface area contributed by atoms with E-state index in [4.69, 9.17) is 31.4 Å². The van der Waals surface area contributed by atoms with Gasteiger partial charge in [-0.2, -0.15) is 0 Å². The summed E-state index contributed by atoms with van der Waals surface area (Å²) in [7, 11) is 2.07. The molecule has 9 heteroatoms. The third-order valence-corrected chi connectivity index (χ3v) is 8.78. The average molecular weight is 590 g/mol. The van der Waals surface area contributed by atoms with Gasteiger partial charge in [-0.05, 0) is 105 Å². The van der Waals surface area contributed by atoms with Crippen LogP contribution < -0.4 is 10.9 Å². The van der Waals surface area contributed by atoms with E-state index in [1.54, 1.807) is 21.0 Å². The predicted molar refractivity (Wildman–Crippen MR) is 177 cm³/mol. The molecule has 0 atom stereocenters. The van der Waals surface area contributed by atoms with Gasteiger partial charge in [0.25, 0.3) is 0 Å². The molecule has 2 aliphatic rings. The van der Waals surface area contributed by atoms with Gasteiger partial charge in [-0.1, -0.05) is 56.0 Å². The fraction of sp³-hybridized carbons (Fsp3) is 0.636. The molecule has 0 aromatic heterocycles. The number of ether oxygens (including phenoxy) is 1. The zero-order chi connectivity index (χ0) is 33.7. The Bertz CT molecular complexity index is 1100. The molecule has 2 N–H and O–H groups in total. The fourth-order valence-corrected chi connectivity index (χ4v) is 4.17. The minimum absolute atomic E-state index is 0. The van der Waals surface area contributed by atoms with Crippen molar-refractivity contribution < 1.29 is 36.5 Å². The lowest BCUT2D eigenvalue weighted by atomic mass is 9.78. The smallest absolute Gasteiger partial charge is 0.400 e. The van der Waals surface area contributed by atoms with Gasteiger partial charge < -0.3 is 33.6 Å². The van der Waals surface area contributed by atoms with Crippen molar-refractivity contribution in [2.45, 2.75) is 124 Å². The van der Waals surface area contributed by atoms with Crippen molar-refractivity contribution in [1.29, 1.82) is 0 Å². The molecule has 0 saturated carbocycles. The van der Waals surface area contributed by atoms with Gasteiger partial charge in [-0.25, -0.2) is 0 Å². The van der Waals surface area contributed by atoms with E-state index in [1.807, 2.05) is 52.0 Å². The average Bonchev–Trinajstić information content (AvgIpc) is 3.30. The van der Waals surface area contributed by atoms with Crippen molar-refractivity contribution in [3.63, 3.8) is 0 Å². The first-order chi connectivity index (χ1) is 19.6. The molecular weight excluding hydrogens is 530 g/mol. The van der Waals surface area contributed by atoms with E-state index >= 15 is 0 Å². The van der Waals surface area contributed by atoms with Gasteiger partial charge in [-0.3, -0.25) is 0 Å². The monoisotopic (exact) mass is 590 g/mol. The first-order valence-corrected chi connectivity index (χ1v) is 14.3. The molecule has 0 spiro atoms. The lowest BCUT2D eigenvalue weighted by Crippen LogP contribution is -2.41. The number of methoxy groups -OCH3 is 1. The van der Waals surface area contributed by atoms with E-state index in [0.29, 0.717) is 0 Å². The Morgan fingerprint density at radius 1 is 0.619 bits per heavy atom. The second-order valence-corrected chi connectivity index (χ2v) is 13.7. The standard InChI is InChI=1S/C16H25BO3.C15H23BO3.CH4O.CH4.H2/c1-14(2,18-7)12-8-10-13(11-9-12)17-19-15(3,4)16(5,6)20-17;1-13(2,17)11-7-9-12(10-8-11)16-18-14(3,4)15(5,6)19-16;1-2;;/h8-11H,1-7H3;7-10,17H,1-6H3;2H,1H3;1H4;1H/i;;;;1+1D. The summed E-state index contributed by atoms with van der Waals surface area (Å²) in [6, 6.07) is 16.0. The number of aliphatic hydroxyl groups is 2. The maximum absolute atomic E-state index is 9.95. The largest absolute Gasteiger partial charge is 0.494 e. The highest BCUT2D eigenvalue weighted by molar-refractivity contribution is 6.62. The van der Waals surface area contributed by atoms with Crippen molar-refractivity contribution >= 4 is 25.2 Å². The van der Waals surface area contributed by atoms with Crippen LogP contribution in [-0.2, 0) is 34.6 Å². The Morgan fingerprint density at radius 3 is 1.12 bits per heavy atom. The van der Waals surface area contributed by atoms with Crippen molar-refractivity contribution in [3.05, 3.63) is 59.7 Å². The SMILES string of the molecule is C.CC(C)(O)c1ccc(B2OC(C)(C)C(C)(C)O2)cc1.CO.COC(C)(C)c1ccc(B2OC(C)(C)C(C)(C)O2)cc1.[2H][2H]. The normalized spacial score (nSPS) is 20.3. The fourth-order valence-electron chi connectivity index (χ4n) is 4.17. The van der Waals surface area contributed by atoms with E-state index in [9.17, 15) is 5.11 Å². The Kier molecular flexibility index (Phi) is 11.7. The van der Waals surface area contributed by atoms with E-state index in [-0.39, 0.29) is 49.7 Å². The molecule has 2 saturated heterocycles. The van der Waals surface area contributed by atoms with E-state index in [2.05, 4.69) is 65.8 Å². The molecule has 0 radical (unpaired) electrons. The Balaban J connectivity index is 0.000000741. The third kappa shape index (κ3) is 8.47. The molecule has 2 aromatic carbocycles. The summed E-state index contributed by atoms with van der Waals surface area (Å²) in [5.41, 5.74) is 1.67. The molecular formula is C33H58B2O7. The number of benzene rings is 2. The molecule has 2 aromatic rings. The third-order valence-electron chi connectivity index (χ3n) is 8.78. The highest BCUT2D eigenvalue weighted by atomic mass is 16.7. The number of hydrogen-bond acceptors (Lipinski definition) is 7. The maximum Gasteiger partial charge on any atom is 0.494 e. The number of rotatable bonds is 5. The lowest BCUT2D eigenvalue weighted by Gasteiger charge is -2.32. The van der Waals surface area contributed by atoms with Crippen LogP contribution in [0.15, 0.2) is 48.5 Å². The van der Waals surface area contributed by atoms with Gasteiger partial charge in [-0.15, -0.1) is 0 Å². The molecule has 4 rings (SSSR count). The van der Waals surface area contributed by atoms with E-state index in [0.717, 1.165) is 29.2 Å². The molecule has 0 amide bonds. The maximum atomic E-state index is 9.95. The molecule has 42 heavy (non-hydrogen) atoms. The molecule has 0 aliphatic carbocycles. The van der Waals surface area contributed by atoms with Gasteiger partial charge in [0.2, 0.25) is 0 Å². The Labute approximate surface area is 259 Å². The molecule has 238 valence electrons. The van der Waals surface area contributed by atoms with Gasteiger partial charge in [0, 0.05) is 17.2 Å². The zero-order valence-corrected chi connectivity index (χ0v) is 27.7. The van der Waals surface area contributed by atoms with Crippen LogP contribution in [0.25, 0.3) is 0 Å². The van der Waals surface area contributed by atoms with E-state index < -0.39 is 5.60 Å². The highest BCUT2D eigenvalue weighted by Crippen LogP contribution is 2.37. The summed E-state index contributed by atoms with van der Waals surface area (Å²) in [6.45, 7) is 24.1. The minimum Gasteiger partial charge on any atom is -0.400 e. The molecule has 2 heterocycles. The van der Waals surface area contributed by atoms with Crippen molar-refractivity contribution in [1.82, 2.24) is 0 Å². The van der Waals surface area contributed by atoms with E-state index in [1.165, 1.54) is 0 Å². The van der Waals surface area contributed by atoms with Crippen LogP contribution in [0.4, 0.5) is 0 Å². The Hall–Kier alpha value is -1.71. The van der Waals surface area contributed by atoms with Crippen LogP contribution in [0.2, 0.25) is 0 Å². The summed E-state index contributed by atoms with van der Waals surface area (Å²) in [4.78, 5) is 0. The number of hydrogen-bond donors (Lipinski definition) is 2. The second kappa shape index (κ2) is 13.5. The first-order valence-electron chi connectivity index (χ1n) is 15.3. The summed E-state index contributed by atoms with van der Waals surface area (Å²) in [6.07, 6.45) is 0.